The van der Waals surface area contributed by atoms with Crippen LogP contribution in [-0.2, 0) is 32.0 Å². The number of carboxylic acids is 2. The molecule has 0 aliphatic rings. The standard InChI is InChI=1S/C21H22N2O6/c24-18(12-14-4-2-1-3-5-14)23-17(10-11-19(25)26)21(29)22-16-8-6-15(7-9-16)13-20(27)28/h1-9,17H,10-13H2,(H,22,29)(H,23,24)(H,25,26)(H,27,28)/t17-/m0/s1. The lowest BCUT2D eigenvalue weighted by Gasteiger charge is -2.18. The number of carbonyl (C=O) groups is 4. The van der Waals surface area contributed by atoms with Crippen LogP contribution in [0.15, 0.2) is 54.6 Å². The van der Waals surface area contributed by atoms with Gasteiger partial charge in [-0.3, -0.25) is 19.2 Å². The molecular formula is C21H22N2O6. The van der Waals surface area contributed by atoms with E-state index in [0.29, 0.717) is 11.3 Å². The molecular weight excluding hydrogens is 376 g/mol. The van der Waals surface area contributed by atoms with Gasteiger partial charge in [-0.2, -0.15) is 0 Å². The molecule has 0 unspecified atom stereocenters. The Morgan fingerprint density at radius 2 is 1.41 bits per heavy atom. The number of aliphatic carboxylic acids is 2. The lowest BCUT2D eigenvalue weighted by Crippen LogP contribution is -2.44. The molecule has 8 heteroatoms. The number of anilines is 1. The molecule has 2 aromatic carbocycles. The van der Waals surface area contributed by atoms with E-state index in [1.54, 1.807) is 48.5 Å². The van der Waals surface area contributed by atoms with Gasteiger partial charge >= 0.3 is 11.9 Å². The van der Waals surface area contributed by atoms with Gasteiger partial charge in [0.25, 0.3) is 0 Å². The van der Waals surface area contributed by atoms with Crippen LogP contribution >= 0.6 is 0 Å². The van der Waals surface area contributed by atoms with Crippen molar-refractivity contribution in [3.05, 3.63) is 65.7 Å². The maximum atomic E-state index is 12.6. The number of carbonyl (C=O) groups excluding carboxylic acids is 2. The summed E-state index contributed by atoms with van der Waals surface area (Å²) in [4.78, 5) is 46.5. The number of hydrogen-bond donors (Lipinski definition) is 4. The molecule has 0 saturated carbocycles. The highest BCUT2D eigenvalue weighted by molar-refractivity contribution is 5.97. The summed E-state index contributed by atoms with van der Waals surface area (Å²) < 4.78 is 0. The Morgan fingerprint density at radius 3 is 2.00 bits per heavy atom. The van der Waals surface area contributed by atoms with Crippen LogP contribution in [0.2, 0.25) is 0 Å². The van der Waals surface area contributed by atoms with Gasteiger partial charge in [0, 0.05) is 12.1 Å². The van der Waals surface area contributed by atoms with Crippen LogP contribution in [0.4, 0.5) is 5.69 Å². The molecule has 0 aliphatic heterocycles. The molecule has 0 heterocycles. The van der Waals surface area contributed by atoms with E-state index in [2.05, 4.69) is 10.6 Å². The molecule has 0 bridgehead atoms. The number of nitrogens with one attached hydrogen (secondary N) is 2. The van der Waals surface area contributed by atoms with Crippen LogP contribution in [0, 0.1) is 0 Å². The molecule has 0 spiro atoms. The van der Waals surface area contributed by atoms with Gasteiger partial charge in [0.2, 0.25) is 11.8 Å². The predicted octanol–water partition coefficient (Wildman–Crippen LogP) is 1.84. The van der Waals surface area contributed by atoms with Gasteiger partial charge in [0.15, 0.2) is 0 Å². The maximum Gasteiger partial charge on any atom is 0.307 e. The first kappa shape index (κ1) is 21.6. The Bertz CT molecular complexity index is 864. The monoisotopic (exact) mass is 398 g/mol. The van der Waals surface area contributed by atoms with Gasteiger partial charge < -0.3 is 20.8 Å². The van der Waals surface area contributed by atoms with Gasteiger partial charge in [-0.1, -0.05) is 42.5 Å². The summed E-state index contributed by atoms with van der Waals surface area (Å²) >= 11 is 0. The fourth-order valence-corrected chi connectivity index (χ4v) is 2.67. The van der Waals surface area contributed by atoms with Crippen LogP contribution < -0.4 is 10.6 Å². The minimum absolute atomic E-state index is 0.0568. The van der Waals surface area contributed by atoms with Gasteiger partial charge in [-0.05, 0) is 29.7 Å². The number of hydrogen-bond acceptors (Lipinski definition) is 4. The highest BCUT2D eigenvalue weighted by Crippen LogP contribution is 2.12. The Kier molecular flexibility index (Phi) is 7.90. The van der Waals surface area contributed by atoms with Crippen molar-refractivity contribution in [2.45, 2.75) is 31.7 Å². The van der Waals surface area contributed by atoms with Crippen molar-refractivity contribution < 1.29 is 29.4 Å². The van der Waals surface area contributed by atoms with Crippen molar-refractivity contribution in [2.75, 3.05) is 5.32 Å². The first-order chi connectivity index (χ1) is 13.8. The number of rotatable bonds is 10. The van der Waals surface area contributed by atoms with E-state index >= 15 is 0 Å². The summed E-state index contributed by atoms with van der Waals surface area (Å²) in [7, 11) is 0. The van der Waals surface area contributed by atoms with Crippen molar-refractivity contribution in [2.24, 2.45) is 0 Å². The van der Waals surface area contributed by atoms with Crippen molar-refractivity contribution >= 4 is 29.4 Å². The molecule has 0 radical (unpaired) electrons. The van der Waals surface area contributed by atoms with Crippen LogP contribution in [-0.4, -0.2) is 40.0 Å². The smallest absolute Gasteiger partial charge is 0.307 e. The Hall–Kier alpha value is -3.68. The maximum absolute atomic E-state index is 12.6. The van der Waals surface area contributed by atoms with E-state index in [9.17, 15) is 19.2 Å². The molecule has 2 amide bonds. The predicted molar refractivity (Wildman–Crippen MR) is 105 cm³/mol. The molecule has 152 valence electrons. The van der Waals surface area contributed by atoms with Crippen LogP contribution in [0.5, 0.6) is 0 Å². The lowest BCUT2D eigenvalue weighted by atomic mass is 10.1. The van der Waals surface area contributed by atoms with Crippen molar-refractivity contribution in [1.82, 2.24) is 5.32 Å². The molecule has 0 saturated heterocycles. The molecule has 0 aromatic heterocycles. The quantitative estimate of drug-likeness (QED) is 0.483. The molecule has 1 atom stereocenters. The van der Waals surface area contributed by atoms with E-state index in [1.807, 2.05) is 6.07 Å². The summed E-state index contributed by atoms with van der Waals surface area (Å²) in [6.07, 6.45) is -0.396. The van der Waals surface area contributed by atoms with Gasteiger partial charge in [-0.15, -0.1) is 0 Å². The minimum Gasteiger partial charge on any atom is -0.481 e. The van der Waals surface area contributed by atoms with Gasteiger partial charge in [0.1, 0.15) is 6.04 Å². The Balaban J connectivity index is 2.01. The second-order valence-corrected chi connectivity index (χ2v) is 6.47. The molecule has 8 nitrogen and oxygen atoms in total. The highest BCUT2D eigenvalue weighted by Gasteiger charge is 2.22. The van der Waals surface area contributed by atoms with Crippen LogP contribution in [0.3, 0.4) is 0 Å². The molecule has 2 rings (SSSR count). The average Bonchev–Trinajstić information content (AvgIpc) is 2.66. The zero-order valence-corrected chi connectivity index (χ0v) is 15.6. The summed E-state index contributed by atoms with van der Waals surface area (Å²) in [5, 5.41) is 22.9. The summed E-state index contributed by atoms with van der Waals surface area (Å²) in [6.45, 7) is 0. The van der Waals surface area contributed by atoms with Gasteiger partial charge in [-0.25, -0.2) is 0 Å². The van der Waals surface area contributed by atoms with Crippen molar-refractivity contribution in [1.29, 1.82) is 0 Å². The molecule has 0 fully saturated rings. The van der Waals surface area contributed by atoms with E-state index in [4.69, 9.17) is 10.2 Å². The highest BCUT2D eigenvalue weighted by atomic mass is 16.4. The molecule has 4 N–H and O–H groups in total. The third-order valence-electron chi connectivity index (χ3n) is 4.08. The molecule has 0 aliphatic carbocycles. The number of amides is 2. The molecule has 2 aromatic rings. The van der Waals surface area contributed by atoms with E-state index < -0.39 is 29.8 Å². The van der Waals surface area contributed by atoms with E-state index in [1.165, 1.54) is 0 Å². The first-order valence-corrected chi connectivity index (χ1v) is 9.00. The zero-order valence-electron chi connectivity index (χ0n) is 15.6. The Morgan fingerprint density at radius 1 is 0.793 bits per heavy atom. The van der Waals surface area contributed by atoms with Crippen molar-refractivity contribution in [3.63, 3.8) is 0 Å². The third kappa shape index (κ3) is 7.84. The van der Waals surface area contributed by atoms with E-state index in [-0.39, 0.29) is 25.7 Å². The summed E-state index contributed by atoms with van der Waals surface area (Å²) in [6, 6.07) is 14.2. The average molecular weight is 398 g/mol. The fourth-order valence-electron chi connectivity index (χ4n) is 2.67. The summed E-state index contributed by atoms with van der Waals surface area (Å²) in [5.74, 6) is -2.97. The Labute approximate surface area is 167 Å². The number of carboxylic acid groups (broad SMARTS) is 2. The lowest BCUT2D eigenvalue weighted by molar-refractivity contribution is -0.138. The van der Waals surface area contributed by atoms with Crippen LogP contribution in [0.25, 0.3) is 0 Å². The molecule has 29 heavy (non-hydrogen) atoms. The SMILES string of the molecule is O=C(O)CC[C@H](NC(=O)Cc1ccccc1)C(=O)Nc1ccc(CC(=O)O)cc1. The first-order valence-electron chi connectivity index (χ1n) is 9.00. The largest absolute Gasteiger partial charge is 0.481 e. The van der Waals surface area contributed by atoms with E-state index in [0.717, 1.165) is 5.56 Å². The normalized spacial score (nSPS) is 11.3. The topological polar surface area (TPSA) is 133 Å². The van der Waals surface area contributed by atoms with Gasteiger partial charge in [0.05, 0.1) is 12.8 Å². The summed E-state index contributed by atoms with van der Waals surface area (Å²) in [5.41, 5.74) is 1.77. The van der Waals surface area contributed by atoms with Crippen molar-refractivity contribution in [3.8, 4) is 0 Å². The fraction of sp³-hybridized carbons (Fsp3) is 0.238. The second kappa shape index (κ2) is 10.6. The van der Waals surface area contributed by atoms with Crippen LogP contribution in [0.1, 0.15) is 24.0 Å². The third-order valence-corrected chi connectivity index (χ3v) is 4.08. The number of benzene rings is 2. The zero-order chi connectivity index (χ0) is 21.2. The second-order valence-electron chi connectivity index (χ2n) is 6.47. The minimum atomic E-state index is -1.07.